The van der Waals surface area contributed by atoms with Crippen LogP contribution < -0.4 is 0 Å². The molecule has 1 aliphatic heterocycles. The SMILES string of the molecule is O=C(c1ccccc1-c1ccccc1)N1CCN(Cc2ccccc2)CC1. The molecule has 0 bridgehead atoms. The first kappa shape index (κ1) is 17.5. The zero-order valence-electron chi connectivity index (χ0n) is 15.4. The number of piperazine rings is 1. The molecule has 136 valence electrons. The van der Waals surface area contributed by atoms with Gasteiger partial charge in [0.25, 0.3) is 5.91 Å². The Morgan fingerprint density at radius 2 is 1.30 bits per heavy atom. The average molecular weight is 356 g/mol. The standard InChI is InChI=1S/C24H24N2O/c27-24(23-14-8-7-13-22(23)21-11-5-2-6-12-21)26-17-15-25(16-18-26)19-20-9-3-1-4-10-20/h1-14H,15-19H2. The molecule has 3 heteroatoms. The van der Waals surface area contributed by atoms with Crippen LogP contribution in [0.4, 0.5) is 0 Å². The fourth-order valence-electron chi connectivity index (χ4n) is 3.66. The molecule has 1 saturated heterocycles. The van der Waals surface area contributed by atoms with Gasteiger partial charge in [-0.1, -0.05) is 78.9 Å². The summed E-state index contributed by atoms with van der Waals surface area (Å²) in [6.45, 7) is 4.31. The van der Waals surface area contributed by atoms with Crippen LogP contribution in [-0.4, -0.2) is 41.9 Å². The maximum Gasteiger partial charge on any atom is 0.254 e. The number of carbonyl (C=O) groups excluding carboxylic acids is 1. The molecule has 0 aliphatic carbocycles. The summed E-state index contributed by atoms with van der Waals surface area (Å²) in [6.07, 6.45) is 0. The number of carbonyl (C=O) groups is 1. The van der Waals surface area contributed by atoms with Crippen molar-refractivity contribution in [2.24, 2.45) is 0 Å². The molecule has 0 saturated carbocycles. The molecule has 0 N–H and O–H groups in total. The second kappa shape index (κ2) is 8.19. The van der Waals surface area contributed by atoms with Crippen LogP contribution in [0.25, 0.3) is 11.1 Å². The normalized spacial score (nSPS) is 14.9. The lowest BCUT2D eigenvalue weighted by Crippen LogP contribution is -2.48. The van der Waals surface area contributed by atoms with Crippen LogP contribution >= 0.6 is 0 Å². The Balaban J connectivity index is 1.44. The number of hydrogen-bond acceptors (Lipinski definition) is 2. The smallest absolute Gasteiger partial charge is 0.254 e. The van der Waals surface area contributed by atoms with Crippen molar-refractivity contribution in [2.45, 2.75) is 6.54 Å². The van der Waals surface area contributed by atoms with Crippen molar-refractivity contribution in [3.63, 3.8) is 0 Å². The molecule has 4 rings (SSSR count). The number of benzene rings is 3. The van der Waals surface area contributed by atoms with Crippen molar-refractivity contribution in [2.75, 3.05) is 26.2 Å². The van der Waals surface area contributed by atoms with E-state index in [0.29, 0.717) is 0 Å². The summed E-state index contributed by atoms with van der Waals surface area (Å²) in [5.74, 6) is 0.133. The van der Waals surface area contributed by atoms with Gasteiger partial charge in [-0.25, -0.2) is 0 Å². The number of rotatable bonds is 4. The molecule has 1 heterocycles. The van der Waals surface area contributed by atoms with E-state index in [-0.39, 0.29) is 5.91 Å². The van der Waals surface area contributed by atoms with Gasteiger partial charge in [0.1, 0.15) is 0 Å². The van der Waals surface area contributed by atoms with E-state index in [1.54, 1.807) is 0 Å². The second-order valence-electron chi connectivity index (χ2n) is 6.97. The molecule has 0 atom stereocenters. The largest absolute Gasteiger partial charge is 0.336 e. The Kier molecular flexibility index (Phi) is 5.31. The summed E-state index contributed by atoms with van der Waals surface area (Å²) in [6, 6.07) is 28.6. The summed E-state index contributed by atoms with van der Waals surface area (Å²) in [4.78, 5) is 17.6. The van der Waals surface area contributed by atoms with Crippen molar-refractivity contribution in [3.05, 3.63) is 96.1 Å². The van der Waals surface area contributed by atoms with E-state index in [1.807, 2.05) is 53.4 Å². The highest BCUT2D eigenvalue weighted by molar-refractivity contribution is 6.00. The monoisotopic (exact) mass is 356 g/mol. The highest BCUT2D eigenvalue weighted by Crippen LogP contribution is 2.25. The highest BCUT2D eigenvalue weighted by atomic mass is 16.2. The summed E-state index contributed by atoms with van der Waals surface area (Å²) in [5, 5.41) is 0. The minimum Gasteiger partial charge on any atom is -0.336 e. The van der Waals surface area contributed by atoms with Crippen LogP contribution in [0.5, 0.6) is 0 Å². The Morgan fingerprint density at radius 1 is 0.704 bits per heavy atom. The molecule has 0 radical (unpaired) electrons. The van der Waals surface area contributed by atoms with Gasteiger partial charge in [0.15, 0.2) is 0 Å². The fourth-order valence-corrected chi connectivity index (χ4v) is 3.66. The van der Waals surface area contributed by atoms with Crippen molar-refractivity contribution >= 4 is 5.91 Å². The maximum atomic E-state index is 13.2. The van der Waals surface area contributed by atoms with Crippen LogP contribution in [0.15, 0.2) is 84.9 Å². The minimum atomic E-state index is 0.133. The van der Waals surface area contributed by atoms with E-state index < -0.39 is 0 Å². The lowest BCUT2D eigenvalue weighted by Gasteiger charge is -2.35. The van der Waals surface area contributed by atoms with Crippen LogP contribution in [0, 0.1) is 0 Å². The zero-order chi connectivity index (χ0) is 18.5. The second-order valence-corrected chi connectivity index (χ2v) is 6.97. The van der Waals surface area contributed by atoms with Gasteiger partial charge in [0.05, 0.1) is 0 Å². The first-order chi connectivity index (χ1) is 13.3. The minimum absolute atomic E-state index is 0.133. The van der Waals surface area contributed by atoms with E-state index in [4.69, 9.17) is 0 Å². The van der Waals surface area contributed by atoms with Gasteiger partial charge in [-0.2, -0.15) is 0 Å². The Hall–Kier alpha value is -2.91. The molecule has 0 spiro atoms. The van der Waals surface area contributed by atoms with E-state index >= 15 is 0 Å². The van der Waals surface area contributed by atoms with E-state index in [2.05, 4.69) is 41.3 Å². The lowest BCUT2D eigenvalue weighted by molar-refractivity contribution is 0.0629. The van der Waals surface area contributed by atoms with Crippen LogP contribution in [0.3, 0.4) is 0 Å². The Bertz CT molecular complexity index is 885. The first-order valence-corrected chi connectivity index (χ1v) is 9.51. The van der Waals surface area contributed by atoms with Crippen molar-refractivity contribution in [1.82, 2.24) is 9.80 Å². The van der Waals surface area contributed by atoms with Crippen molar-refractivity contribution in [1.29, 1.82) is 0 Å². The molecule has 1 fully saturated rings. The molecular weight excluding hydrogens is 332 g/mol. The third kappa shape index (κ3) is 4.09. The average Bonchev–Trinajstić information content (AvgIpc) is 2.75. The van der Waals surface area contributed by atoms with E-state index in [1.165, 1.54) is 5.56 Å². The Morgan fingerprint density at radius 3 is 2.00 bits per heavy atom. The maximum absolute atomic E-state index is 13.2. The van der Waals surface area contributed by atoms with Gasteiger partial charge in [-0.3, -0.25) is 9.69 Å². The molecule has 1 aliphatic rings. The number of amides is 1. The molecule has 0 aromatic heterocycles. The van der Waals surface area contributed by atoms with Crippen LogP contribution in [0.2, 0.25) is 0 Å². The third-order valence-electron chi connectivity index (χ3n) is 5.15. The molecule has 1 amide bonds. The van der Waals surface area contributed by atoms with Crippen molar-refractivity contribution < 1.29 is 4.79 Å². The van der Waals surface area contributed by atoms with Gasteiger partial charge in [-0.15, -0.1) is 0 Å². The highest BCUT2D eigenvalue weighted by Gasteiger charge is 2.23. The summed E-state index contributed by atoms with van der Waals surface area (Å²) < 4.78 is 0. The summed E-state index contributed by atoms with van der Waals surface area (Å²) >= 11 is 0. The van der Waals surface area contributed by atoms with E-state index in [9.17, 15) is 4.79 Å². The van der Waals surface area contributed by atoms with Crippen molar-refractivity contribution in [3.8, 4) is 11.1 Å². The van der Waals surface area contributed by atoms with Gasteiger partial charge < -0.3 is 4.90 Å². The zero-order valence-corrected chi connectivity index (χ0v) is 15.4. The number of nitrogens with zero attached hydrogens (tertiary/aromatic N) is 2. The Labute approximate surface area is 160 Å². The molecule has 0 unspecified atom stereocenters. The van der Waals surface area contributed by atoms with Gasteiger partial charge in [0.2, 0.25) is 0 Å². The number of hydrogen-bond donors (Lipinski definition) is 0. The van der Waals surface area contributed by atoms with Crippen LogP contribution in [0.1, 0.15) is 15.9 Å². The quantitative estimate of drug-likeness (QED) is 0.695. The molecule has 27 heavy (non-hydrogen) atoms. The van der Waals surface area contributed by atoms with E-state index in [0.717, 1.165) is 49.4 Å². The molecule has 3 aromatic carbocycles. The predicted molar refractivity (Wildman–Crippen MR) is 110 cm³/mol. The lowest BCUT2D eigenvalue weighted by atomic mass is 9.98. The molecule has 3 aromatic rings. The van der Waals surface area contributed by atoms with Crippen LogP contribution in [-0.2, 0) is 6.54 Å². The van der Waals surface area contributed by atoms with Gasteiger partial charge >= 0.3 is 0 Å². The third-order valence-corrected chi connectivity index (χ3v) is 5.15. The summed E-state index contributed by atoms with van der Waals surface area (Å²) in [7, 11) is 0. The van der Waals surface area contributed by atoms with Gasteiger partial charge in [0, 0.05) is 38.3 Å². The molecular formula is C24H24N2O. The topological polar surface area (TPSA) is 23.6 Å². The first-order valence-electron chi connectivity index (χ1n) is 9.51. The predicted octanol–water partition coefficient (Wildman–Crippen LogP) is 4.31. The fraction of sp³-hybridized carbons (Fsp3) is 0.208. The molecule has 3 nitrogen and oxygen atoms in total. The van der Waals surface area contributed by atoms with Gasteiger partial charge in [-0.05, 0) is 22.8 Å². The summed E-state index contributed by atoms with van der Waals surface area (Å²) in [5.41, 5.74) is 4.21.